The molecule has 0 unspecified atom stereocenters. The van der Waals surface area contributed by atoms with E-state index in [1.165, 1.54) is 13.1 Å². The largest absolute Gasteiger partial charge is 0.455 e. The van der Waals surface area contributed by atoms with Gasteiger partial charge >= 0.3 is 0 Å². The highest BCUT2D eigenvalue weighted by Crippen LogP contribution is 2.29. The molecule has 2 aromatic carbocycles. The predicted octanol–water partition coefficient (Wildman–Crippen LogP) is 4.69. The minimum Gasteiger partial charge on any atom is -0.455 e. The summed E-state index contributed by atoms with van der Waals surface area (Å²) in [5.41, 5.74) is 0.477. The van der Waals surface area contributed by atoms with Crippen molar-refractivity contribution in [1.82, 2.24) is 9.78 Å². The Labute approximate surface area is 169 Å². The molecule has 0 fully saturated rings. The summed E-state index contributed by atoms with van der Waals surface area (Å²) in [4.78, 5) is 25.8. The van der Waals surface area contributed by atoms with Gasteiger partial charge in [-0.1, -0.05) is 36.4 Å². The molecule has 0 bridgehead atoms. The first-order valence-corrected chi connectivity index (χ1v) is 9.11. The molecule has 0 aliphatic carbocycles. The molecule has 0 radical (unpaired) electrons. The molecule has 0 spiro atoms. The van der Waals surface area contributed by atoms with Crippen molar-refractivity contribution in [3.8, 4) is 11.3 Å². The number of amides is 1. The molecule has 0 saturated carbocycles. The van der Waals surface area contributed by atoms with Gasteiger partial charge in [-0.2, -0.15) is 5.10 Å². The molecule has 152 valence electrons. The average molecular weight is 409 g/mol. The first kappa shape index (κ1) is 19.5. The highest BCUT2D eigenvalue weighted by atomic mass is 19.3. The maximum absolute atomic E-state index is 13.3. The molecule has 2 heterocycles. The fraction of sp³-hybridized carbons (Fsp3) is 0.136. The molecular weight excluding hydrogens is 392 g/mol. The summed E-state index contributed by atoms with van der Waals surface area (Å²) in [7, 11) is 1.36. The molecule has 30 heavy (non-hydrogen) atoms. The molecule has 0 saturated heterocycles. The van der Waals surface area contributed by atoms with Crippen LogP contribution in [0.1, 0.15) is 28.0 Å². The van der Waals surface area contributed by atoms with Crippen LogP contribution in [0, 0.1) is 6.92 Å². The summed E-state index contributed by atoms with van der Waals surface area (Å²) in [5, 5.41) is 6.46. The third-order valence-electron chi connectivity index (χ3n) is 4.87. The normalized spacial score (nSPS) is 11.2. The van der Waals surface area contributed by atoms with Gasteiger partial charge in [0.15, 0.2) is 11.0 Å². The standard InChI is InChI=1S/C22H17F2N3O3/c1-12-18(28)14-9-6-10-15(20(14)30-19(12)13-7-4-3-5-8-13)22(29)26-16-11-25-27(2)17(16)21(23)24/h3-11,21H,1-2H3,(H,26,29). The predicted molar refractivity (Wildman–Crippen MR) is 109 cm³/mol. The van der Waals surface area contributed by atoms with Crippen molar-refractivity contribution in [3.05, 3.63) is 81.8 Å². The number of nitrogens with zero attached hydrogens (tertiary/aromatic N) is 2. The average Bonchev–Trinajstić information content (AvgIpc) is 3.11. The molecule has 4 aromatic rings. The van der Waals surface area contributed by atoms with Gasteiger partial charge in [-0.15, -0.1) is 0 Å². The van der Waals surface area contributed by atoms with Crippen LogP contribution in [0.5, 0.6) is 0 Å². The summed E-state index contributed by atoms with van der Waals surface area (Å²) < 4.78 is 33.6. The van der Waals surface area contributed by atoms with Gasteiger partial charge in [0.1, 0.15) is 11.5 Å². The number of hydrogen-bond acceptors (Lipinski definition) is 4. The molecule has 0 aliphatic heterocycles. The fourth-order valence-corrected chi connectivity index (χ4v) is 3.35. The Balaban J connectivity index is 1.85. The zero-order chi connectivity index (χ0) is 21.4. The lowest BCUT2D eigenvalue weighted by Gasteiger charge is -2.11. The second-order valence-electron chi connectivity index (χ2n) is 6.76. The molecule has 4 rings (SSSR count). The first-order chi connectivity index (χ1) is 14.4. The van der Waals surface area contributed by atoms with E-state index in [2.05, 4.69) is 10.4 Å². The lowest BCUT2D eigenvalue weighted by atomic mass is 10.0. The van der Waals surface area contributed by atoms with Crippen molar-refractivity contribution in [2.24, 2.45) is 7.05 Å². The second kappa shape index (κ2) is 7.55. The van der Waals surface area contributed by atoms with E-state index < -0.39 is 18.0 Å². The van der Waals surface area contributed by atoms with Crippen LogP contribution in [0.4, 0.5) is 14.5 Å². The maximum atomic E-state index is 13.3. The molecular formula is C22H17F2N3O3. The number of fused-ring (bicyclic) bond motifs is 1. The summed E-state index contributed by atoms with van der Waals surface area (Å²) >= 11 is 0. The van der Waals surface area contributed by atoms with Gasteiger partial charge in [-0.25, -0.2) is 8.78 Å². The monoisotopic (exact) mass is 409 g/mol. The van der Waals surface area contributed by atoms with E-state index in [1.807, 2.05) is 18.2 Å². The molecule has 8 heteroatoms. The number of rotatable bonds is 4. The Bertz CT molecular complexity index is 1310. The van der Waals surface area contributed by atoms with E-state index in [9.17, 15) is 18.4 Å². The molecule has 1 N–H and O–H groups in total. The zero-order valence-electron chi connectivity index (χ0n) is 16.1. The second-order valence-corrected chi connectivity index (χ2v) is 6.76. The molecule has 6 nitrogen and oxygen atoms in total. The van der Waals surface area contributed by atoms with E-state index in [0.29, 0.717) is 16.9 Å². The highest BCUT2D eigenvalue weighted by Gasteiger charge is 2.23. The van der Waals surface area contributed by atoms with Crippen LogP contribution in [0.15, 0.2) is 63.9 Å². The van der Waals surface area contributed by atoms with Crippen molar-refractivity contribution in [3.63, 3.8) is 0 Å². The van der Waals surface area contributed by atoms with Gasteiger partial charge in [0.2, 0.25) is 0 Å². The summed E-state index contributed by atoms with van der Waals surface area (Å²) in [5.74, 6) is -0.329. The Kier molecular flexibility index (Phi) is 4.91. The quantitative estimate of drug-likeness (QED) is 0.530. The van der Waals surface area contributed by atoms with Crippen LogP contribution in [0.2, 0.25) is 0 Å². The van der Waals surface area contributed by atoms with E-state index >= 15 is 0 Å². The van der Waals surface area contributed by atoms with Crippen LogP contribution in [0.3, 0.4) is 0 Å². The van der Waals surface area contributed by atoms with Gasteiger partial charge in [0, 0.05) is 18.2 Å². The summed E-state index contributed by atoms with van der Waals surface area (Å²) in [6.45, 7) is 1.66. The summed E-state index contributed by atoms with van der Waals surface area (Å²) in [6.07, 6.45) is -1.66. The van der Waals surface area contributed by atoms with Gasteiger partial charge in [0.25, 0.3) is 12.3 Å². The van der Waals surface area contributed by atoms with Crippen molar-refractivity contribution in [2.75, 3.05) is 5.32 Å². The van der Waals surface area contributed by atoms with E-state index in [4.69, 9.17) is 4.42 Å². The molecule has 0 aliphatic rings. The number of carbonyl (C=O) groups is 1. The SMILES string of the molecule is Cc1c(-c2ccccc2)oc2c(C(=O)Nc3cnn(C)c3C(F)F)cccc2c1=O. The number of carbonyl (C=O) groups excluding carboxylic acids is 1. The number of nitrogens with one attached hydrogen (secondary N) is 1. The topological polar surface area (TPSA) is 77.1 Å². The third kappa shape index (κ3) is 3.26. The van der Waals surface area contributed by atoms with Crippen molar-refractivity contribution < 1.29 is 18.0 Å². The van der Waals surface area contributed by atoms with Crippen LogP contribution in [-0.4, -0.2) is 15.7 Å². The highest BCUT2D eigenvalue weighted by molar-refractivity contribution is 6.11. The number of alkyl halides is 2. The number of aromatic nitrogens is 2. The van der Waals surface area contributed by atoms with E-state index in [1.54, 1.807) is 31.2 Å². The summed E-state index contributed by atoms with van der Waals surface area (Å²) in [6, 6.07) is 13.6. The molecule has 2 aromatic heterocycles. The number of aryl methyl sites for hydroxylation is 1. The number of hydrogen-bond donors (Lipinski definition) is 1. The molecule has 1 amide bonds. The van der Waals surface area contributed by atoms with Gasteiger partial charge in [-0.3, -0.25) is 14.3 Å². The number of halogens is 2. The third-order valence-corrected chi connectivity index (χ3v) is 4.87. The van der Waals surface area contributed by atoms with Crippen molar-refractivity contribution in [2.45, 2.75) is 13.3 Å². The lowest BCUT2D eigenvalue weighted by Crippen LogP contribution is -2.16. The zero-order valence-corrected chi connectivity index (χ0v) is 16.1. The minimum atomic E-state index is -2.81. The van der Waals surface area contributed by atoms with Crippen LogP contribution >= 0.6 is 0 Å². The van der Waals surface area contributed by atoms with Gasteiger partial charge in [0.05, 0.1) is 22.8 Å². The number of anilines is 1. The van der Waals surface area contributed by atoms with E-state index in [-0.39, 0.29) is 27.6 Å². The molecule has 0 atom stereocenters. The van der Waals surface area contributed by atoms with Crippen molar-refractivity contribution in [1.29, 1.82) is 0 Å². The minimum absolute atomic E-state index is 0.0610. The van der Waals surface area contributed by atoms with E-state index in [0.717, 1.165) is 10.9 Å². The Morgan fingerprint density at radius 2 is 1.87 bits per heavy atom. The number of para-hydroxylation sites is 1. The van der Waals surface area contributed by atoms with Gasteiger partial charge < -0.3 is 9.73 Å². The maximum Gasteiger partial charge on any atom is 0.282 e. The Hall–Kier alpha value is -3.81. The van der Waals surface area contributed by atoms with Crippen LogP contribution in [-0.2, 0) is 7.05 Å². The Morgan fingerprint density at radius 1 is 1.13 bits per heavy atom. The van der Waals surface area contributed by atoms with Gasteiger partial charge in [-0.05, 0) is 19.1 Å². The smallest absolute Gasteiger partial charge is 0.282 e. The van der Waals surface area contributed by atoms with Crippen molar-refractivity contribution >= 4 is 22.6 Å². The lowest BCUT2D eigenvalue weighted by molar-refractivity contribution is 0.102. The fourth-order valence-electron chi connectivity index (χ4n) is 3.35. The first-order valence-electron chi connectivity index (χ1n) is 9.11. The Morgan fingerprint density at radius 3 is 2.57 bits per heavy atom. The van der Waals surface area contributed by atoms with Crippen LogP contribution in [0.25, 0.3) is 22.3 Å². The number of benzene rings is 2. The van der Waals surface area contributed by atoms with Crippen LogP contribution < -0.4 is 10.7 Å².